The number of carboxylic acid groups (broad SMARTS) is 1. The lowest BCUT2D eigenvalue weighted by atomic mass is 10.1. The van der Waals surface area contributed by atoms with Gasteiger partial charge in [-0.15, -0.1) is 0 Å². The summed E-state index contributed by atoms with van der Waals surface area (Å²) in [6, 6.07) is 6.94. The summed E-state index contributed by atoms with van der Waals surface area (Å²) in [6.07, 6.45) is 0.930. The summed E-state index contributed by atoms with van der Waals surface area (Å²) in [5.74, 6) is 1.64. The standard InChI is InChI=1S/C16H18N2O5/c1-21-13-7-10(8-14(22-2)15(13)23-3)6-12-9-11(4-5-17-12)18-16(19)20/h4-5,7-9H,6H2,1-3H3,(H,17,18)(H,19,20). The first-order valence-electron chi connectivity index (χ1n) is 6.81. The molecule has 2 N–H and O–H groups in total. The Labute approximate surface area is 133 Å². The van der Waals surface area contributed by atoms with E-state index >= 15 is 0 Å². The van der Waals surface area contributed by atoms with E-state index in [2.05, 4.69) is 10.3 Å². The van der Waals surface area contributed by atoms with Gasteiger partial charge in [0.15, 0.2) is 11.5 Å². The van der Waals surface area contributed by atoms with Crippen molar-refractivity contribution < 1.29 is 24.1 Å². The van der Waals surface area contributed by atoms with Crippen LogP contribution in [0.25, 0.3) is 0 Å². The fourth-order valence-electron chi connectivity index (χ4n) is 2.22. The largest absolute Gasteiger partial charge is 0.493 e. The van der Waals surface area contributed by atoms with Gasteiger partial charge in [-0.05, 0) is 29.8 Å². The maximum absolute atomic E-state index is 10.7. The molecule has 0 aliphatic carbocycles. The summed E-state index contributed by atoms with van der Waals surface area (Å²) in [7, 11) is 4.65. The highest BCUT2D eigenvalue weighted by molar-refractivity contribution is 5.82. The zero-order valence-corrected chi connectivity index (χ0v) is 13.1. The van der Waals surface area contributed by atoms with E-state index in [9.17, 15) is 4.79 Å². The number of nitrogens with zero attached hydrogens (tertiary/aromatic N) is 1. The van der Waals surface area contributed by atoms with Gasteiger partial charge in [-0.25, -0.2) is 4.79 Å². The summed E-state index contributed by atoms with van der Waals surface area (Å²) < 4.78 is 15.9. The minimum atomic E-state index is -1.12. The Bertz CT molecular complexity index is 678. The fourth-order valence-corrected chi connectivity index (χ4v) is 2.22. The van der Waals surface area contributed by atoms with Gasteiger partial charge in [0.1, 0.15) is 0 Å². The van der Waals surface area contributed by atoms with Crippen LogP contribution in [0.15, 0.2) is 30.5 Å². The van der Waals surface area contributed by atoms with Crippen LogP contribution < -0.4 is 19.5 Å². The van der Waals surface area contributed by atoms with Crippen LogP contribution in [0.4, 0.5) is 10.5 Å². The maximum atomic E-state index is 10.7. The predicted octanol–water partition coefficient (Wildman–Crippen LogP) is 2.79. The van der Waals surface area contributed by atoms with E-state index in [0.717, 1.165) is 5.56 Å². The van der Waals surface area contributed by atoms with Crippen molar-refractivity contribution in [3.8, 4) is 17.2 Å². The number of rotatable bonds is 6. The summed E-state index contributed by atoms with van der Waals surface area (Å²) in [4.78, 5) is 14.9. The Morgan fingerprint density at radius 3 is 2.30 bits per heavy atom. The molecular formula is C16H18N2O5. The van der Waals surface area contributed by atoms with Crippen molar-refractivity contribution in [2.75, 3.05) is 26.6 Å². The quantitative estimate of drug-likeness (QED) is 0.851. The number of methoxy groups -OCH3 is 3. The minimum Gasteiger partial charge on any atom is -0.493 e. The van der Waals surface area contributed by atoms with Crippen LogP contribution in [-0.4, -0.2) is 37.5 Å². The molecule has 0 radical (unpaired) electrons. The van der Waals surface area contributed by atoms with Gasteiger partial charge in [-0.3, -0.25) is 10.3 Å². The fraction of sp³-hybridized carbons (Fsp3) is 0.250. The van der Waals surface area contributed by atoms with E-state index in [1.165, 1.54) is 0 Å². The molecule has 1 aromatic heterocycles. The summed E-state index contributed by atoms with van der Waals surface area (Å²) in [6.45, 7) is 0. The van der Waals surface area contributed by atoms with Crippen LogP contribution in [0.1, 0.15) is 11.3 Å². The Balaban J connectivity index is 2.31. The number of ether oxygens (including phenoxy) is 3. The van der Waals surface area contributed by atoms with E-state index < -0.39 is 6.09 Å². The Kier molecular flexibility index (Phi) is 5.24. The van der Waals surface area contributed by atoms with Crippen molar-refractivity contribution in [1.29, 1.82) is 0 Å². The van der Waals surface area contributed by atoms with Crippen molar-refractivity contribution in [2.45, 2.75) is 6.42 Å². The Morgan fingerprint density at radius 1 is 1.13 bits per heavy atom. The van der Waals surface area contributed by atoms with E-state index in [-0.39, 0.29) is 0 Å². The molecule has 0 aliphatic rings. The first-order chi connectivity index (χ1) is 11.1. The van der Waals surface area contributed by atoms with Crippen LogP contribution >= 0.6 is 0 Å². The van der Waals surface area contributed by atoms with Gasteiger partial charge >= 0.3 is 6.09 Å². The molecule has 0 aliphatic heterocycles. The number of hydrogen-bond acceptors (Lipinski definition) is 5. The monoisotopic (exact) mass is 318 g/mol. The number of carbonyl (C=O) groups is 1. The maximum Gasteiger partial charge on any atom is 0.409 e. The third-order valence-corrected chi connectivity index (χ3v) is 3.18. The summed E-state index contributed by atoms with van der Waals surface area (Å²) in [5.41, 5.74) is 2.08. The normalized spacial score (nSPS) is 10.0. The number of pyridine rings is 1. The van der Waals surface area contributed by atoms with Crippen LogP contribution in [0.2, 0.25) is 0 Å². The molecule has 0 fully saturated rings. The average Bonchev–Trinajstić information content (AvgIpc) is 2.53. The van der Waals surface area contributed by atoms with Gasteiger partial charge in [0, 0.05) is 24.0 Å². The molecule has 23 heavy (non-hydrogen) atoms. The second-order valence-corrected chi connectivity index (χ2v) is 4.68. The van der Waals surface area contributed by atoms with Crippen molar-refractivity contribution in [1.82, 2.24) is 4.98 Å². The number of amides is 1. The van der Waals surface area contributed by atoms with Gasteiger partial charge in [-0.2, -0.15) is 0 Å². The molecule has 7 heteroatoms. The minimum absolute atomic E-state index is 0.468. The molecule has 2 aromatic rings. The zero-order chi connectivity index (χ0) is 16.8. The average molecular weight is 318 g/mol. The molecule has 0 bridgehead atoms. The second kappa shape index (κ2) is 7.35. The van der Waals surface area contributed by atoms with Gasteiger partial charge in [0.05, 0.1) is 21.3 Å². The van der Waals surface area contributed by atoms with Gasteiger partial charge < -0.3 is 19.3 Å². The molecule has 1 amide bonds. The van der Waals surface area contributed by atoms with E-state index in [4.69, 9.17) is 19.3 Å². The molecule has 2 rings (SSSR count). The molecule has 0 unspecified atom stereocenters. The molecule has 0 atom stereocenters. The summed E-state index contributed by atoms with van der Waals surface area (Å²) in [5, 5.41) is 11.1. The molecule has 0 saturated heterocycles. The molecule has 0 spiro atoms. The van der Waals surface area contributed by atoms with Crippen LogP contribution in [0.5, 0.6) is 17.2 Å². The van der Waals surface area contributed by atoms with E-state index in [0.29, 0.717) is 35.1 Å². The first kappa shape index (κ1) is 16.4. The van der Waals surface area contributed by atoms with Crippen molar-refractivity contribution in [2.24, 2.45) is 0 Å². The topological polar surface area (TPSA) is 89.9 Å². The number of aromatic nitrogens is 1. The third kappa shape index (κ3) is 4.03. The number of nitrogens with one attached hydrogen (secondary N) is 1. The second-order valence-electron chi connectivity index (χ2n) is 4.68. The number of anilines is 1. The Morgan fingerprint density at radius 2 is 1.78 bits per heavy atom. The lowest BCUT2D eigenvalue weighted by Gasteiger charge is -2.14. The summed E-state index contributed by atoms with van der Waals surface area (Å²) >= 11 is 0. The number of benzene rings is 1. The van der Waals surface area contributed by atoms with Crippen molar-refractivity contribution >= 4 is 11.8 Å². The van der Waals surface area contributed by atoms with Gasteiger partial charge in [0.25, 0.3) is 0 Å². The lowest BCUT2D eigenvalue weighted by Crippen LogP contribution is -2.07. The van der Waals surface area contributed by atoms with Crippen molar-refractivity contribution in [3.05, 3.63) is 41.7 Å². The van der Waals surface area contributed by atoms with Gasteiger partial charge in [-0.1, -0.05) is 0 Å². The van der Waals surface area contributed by atoms with Crippen LogP contribution in [0, 0.1) is 0 Å². The first-order valence-corrected chi connectivity index (χ1v) is 6.81. The highest BCUT2D eigenvalue weighted by Gasteiger charge is 2.13. The molecule has 7 nitrogen and oxygen atoms in total. The van der Waals surface area contributed by atoms with Crippen molar-refractivity contribution in [3.63, 3.8) is 0 Å². The smallest absolute Gasteiger partial charge is 0.409 e. The van der Waals surface area contributed by atoms with Crippen LogP contribution in [-0.2, 0) is 6.42 Å². The molecule has 0 saturated carbocycles. The lowest BCUT2D eigenvalue weighted by molar-refractivity contribution is 0.209. The predicted molar refractivity (Wildman–Crippen MR) is 84.8 cm³/mol. The molecule has 122 valence electrons. The SMILES string of the molecule is COc1cc(Cc2cc(NC(=O)O)ccn2)cc(OC)c1OC. The van der Waals surface area contributed by atoms with E-state index in [1.54, 1.807) is 39.7 Å². The van der Waals surface area contributed by atoms with Crippen LogP contribution in [0.3, 0.4) is 0 Å². The molecule has 1 aromatic carbocycles. The van der Waals surface area contributed by atoms with Gasteiger partial charge in [0.2, 0.25) is 5.75 Å². The Hall–Kier alpha value is -2.96. The highest BCUT2D eigenvalue weighted by Crippen LogP contribution is 2.38. The highest BCUT2D eigenvalue weighted by atomic mass is 16.5. The zero-order valence-electron chi connectivity index (χ0n) is 13.1. The third-order valence-electron chi connectivity index (χ3n) is 3.18. The van der Waals surface area contributed by atoms with E-state index in [1.807, 2.05) is 12.1 Å². The molecular weight excluding hydrogens is 300 g/mol. The molecule has 1 heterocycles. The number of hydrogen-bond donors (Lipinski definition) is 2.